The van der Waals surface area contributed by atoms with Crippen LogP contribution in [0.5, 0.6) is 5.75 Å². The van der Waals surface area contributed by atoms with Crippen LogP contribution in [0.25, 0.3) is 11.4 Å². The van der Waals surface area contributed by atoms with Crippen LogP contribution in [0.15, 0.2) is 53.1 Å². The highest BCUT2D eigenvalue weighted by atomic mass is 16.5. The van der Waals surface area contributed by atoms with Gasteiger partial charge in [0, 0.05) is 29.0 Å². The number of para-hydroxylation sites is 1. The van der Waals surface area contributed by atoms with Crippen molar-refractivity contribution in [1.29, 1.82) is 0 Å². The molecule has 0 radical (unpaired) electrons. The summed E-state index contributed by atoms with van der Waals surface area (Å²) in [6.45, 7) is 1.28. The maximum Gasteiger partial charge on any atom is 0.231 e. The first-order valence-electron chi connectivity index (χ1n) is 8.65. The molecule has 2 aliphatic rings. The van der Waals surface area contributed by atoms with Crippen LogP contribution in [0.3, 0.4) is 0 Å². The summed E-state index contributed by atoms with van der Waals surface area (Å²) in [6.07, 6.45) is 2.04. The highest BCUT2D eigenvalue weighted by molar-refractivity contribution is 5.55. The van der Waals surface area contributed by atoms with E-state index >= 15 is 0 Å². The van der Waals surface area contributed by atoms with Gasteiger partial charge in [-0.15, -0.1) is 0 Å². The first kappa shape index (κ1) is 14.7. The van der Waals surface area contributed by atoms with Gasteiger partial charge < -0.3 is 15.0 Å². The summed E-state index contributed by atoms with van der Waals surface area (Å²) in [4.78, 5) is 4.67. The fraction of sp³-hybridized carbons (Fsp3) is 0.300. The van der Waals surface area contributed by atoms with Crippen molar-refractivity contribution in [3.05, 3.63) is 65.5 Å². The van der Waals surface area contributed by atoms with Gasteiger partial charge in [-0.05, 0) is 24.5 Å². The maximum atomic E-state index is 5.80. The molecule has 2 unspecified atom stereocenters. The van der Waals surface area contributed by atoms with Crippen LogP contribution in [0.4, 0.5) is 0 Å². The molecule has 126 valence electrons. The van der Waals surface area contributed by atoms with E-state index in [-0.39, 0.29) is 11.3 Å². The molecule has 5 nitrogen and oxygen atoms in total. The van der Waals surface area contributed by atoms with Crippen molar-refractivity contribution in [3.8, 4) is 17.1 Å². The number of benzene rings is 2. The zero-order chi connectivity index (χ0) is 16.9. The Morgan fingerprint density at radius 1 is 1.12 bits per heavy atom. The van der Waals surface area contributed by atoms with Crippen LogP contribution in [0.2, 0.25) is 0 Å². The van der Waals surface area contributed by atoms with Crippen molar-refractivity contribution in [2.45, 2.75) is 30.7 Å². The highest BCUT2D eigenvalue weighted by Gasteiger charge is 2.60. The lowest BCUT2D eigenvalue weighted by molar-refractivity contribution is 0.254. The maximum absolute atomic E-state index is 5.80. The van der Waals surface area contributed by atoms with Crippen molar-refractivity contribution >= 4 is 0 Å². The molecule has 25 heavy (non-hydrogen) atoms. The molecule has 1 aromatic heterocycles. The van der Waals surface area contributed by atoms with Gasteiger partial charge >= 0.3 is 0 Å². The summed E-state index contributed by atoms with van der Waals surface area (Å²) in [5.41, 5.74) is 9.07. The molecule has 3 aromatic rings. The van der Waals surface area contributed by atoms with Gasteiger partial charge in [0.25, 0.3) is 0 Å². The van der Waals surface area contributed by atoms with Crippen molar-refractivity contribution in [2.75, 3.05) is 6.61 Å². The Morgan fingerprint density at radius 2 is 1.96 bits per heavy atom. The number of hydrogen-bond donors (Lipinski definition) is 1. The second-order valence-corrected chi connectivity index (χ2v) is 6.86. The Balaban J connectivity index is 1.44. The molecule has 1 fully saturated rings. The van der Waals surface area contributed by atoms with E-state index in [4.69, 9.17) is 15.0 Å². The van der Waals surface area contributed by atoms with Crippen LogP contribution in [-0.2, 0) is 12.0 Å². The third-order valence-corrected chi connectivity index (χ3v) is 5.49. The normalized spacial score (nSPS) is 24.0. The second-order valence-electron chi connectivity index (χ2n) is 6.86. The van der Waals surface area contributed by atoms with Gasteiger partial charge in [-0.2, -0.15) is 4.98 Å². The number of nitrogens with two attached hydrogens (primary N) is 1. The minimum atomic E-state index is 0.0993. The lowest BCUT2D eigenvalue weighted by Gasteiger charge is -2.26. The average molecular weight is 333 g/mol. The fourth-order valence-electron chi connectivity index (χ4n) is 3.97. The topological polar surface area (TPSA) is 74.2 Å². The summed E-state index contributed by atoms with van der Waals surface area (Å²) in [5.74, 6) is 2.64. The zero-order valence-corrected chi connectivity index (χ0v) is 13.8. The first-order valence-corrected chi connectivity index (χ1v) is 8.65. The minimum Gasteiger partial charge on any atom is -0.493 e. The van der Waals surface area contributed by atoms with Crippen LogP contribution in [0.1, 0.15) is 35.8 Å². The predicted molar refractivity (Wildman–Crippen MR) is 93.2 cm³/mol. The Kier molecular flexibility index (Phi) is 3.18. The molecule has 0 saturated heterocycles. The Bertz CT molecular complexity index is 919. The second kappa shape index (κ2) is 5.43. The quantitative estimate of drug-likeness (QED) is 0.795. The van der Waals surface area contributed by atoms with Gasteiger partial charge in [-0.25, -0.2) is 0 Å². The molecule has 2 heterocycles. The van der Waals surface area contributed by atoms with E-state index in [0.717, 1.165) is 42.2 Å². The molecule has 1 aliphatic carbocycles. The van der Waals surface area contributed by atoms with Crippen LogP contribution >= 0.6 is 0 Å². The molecule has 1 spiro atoms. The van der Waals surface area contributed by atoms with Gasteiger partial charge in [0.15, 0.2) is 0 Å². The van der Waals surface area contributed by atoms with E-state index in [0.29, 0.717) is 12.4 Å². The molecule has 2 atom stereocenters. The van der Waals surface area contributed by atoms with Gasteiger partial charge in [0.2, 0.25) is 11.7 Å². The van der Waals surface area contributed by atoms with Crippen molar-refractivity contribution in [1.82, 2.24) is 10.1 Å². The highest BCUT2D eigenvalue weighted by Crippen LogP contribution is 2.65. The predicted octanol–water partition coefficient (Wildman–Crippen LogP) is 3.40. The van der Waals surface area contributed by atoms with Crippen molar-refractivity contribution in [3.63, 3.8) is 0 Å². The standard InChI is InChI=1S/C20H19N3O2/c21-12-13-5-7-14(8-6-13)18-22-19(25-23-18)16-11-20(16)9-10-24-17-4-2-1-3-15(17)20/h1-8,16H,9-12,21H2. The summed E-state index contributed by atoms with van der Waals surface area (Å²) in [6, 6.07) is 16.3. The molecule has 0 bridgehead atoms. The lowest BCUT2D eigenvalue weighted by atomic mass is 9.87. The summed E-state index contributed by atoms with van der Waals surface area (Å²) in [7, 11) is 0. The molecule has 2 aromatic carbocycles. The van der Waals surface area contributed by atoms with Gasteiger partial charge in [0.05, 0.1) is 6.61 Å². The molecule has 0 amide bonds. The molecule has 1 aliphatic heterocycles. The average Bonchev–Trinajstić information content (AvgIpc) is 3.16. The number of aromatic nitrogens is 2. The molecular weight excluding hydrogens is 314 g/mol. The number of hydrogen-bond acceptors (Lipinski definition) is 5. The van der Waals surface area contributed by atoms with Crippen molar-refractivity contribution in [2.24, 2.45) is 5.73 Å². The third-order valence-electron chi connectivity index (χ3n) is 5.49. The van der Waals surface area contributed by atoms with E-state index in [9.17, 15) is 0 Å². The van der Waals surface area contributed by atoms with Gasteiger partial charge in [0.1, 0.15) is 5.75 Å². The van der Waals surface area contributed by atoms with Crippen LogP contribution < -0.4 is 10.5 Å². The van der Waals surface area contributed by atoms with Gasteiger partial charge in [-0.1, -0.05) is 47.6 Å². The van der Waals surface area contributed by atoms with E-state index < -0.39 is 0 Å². The minimum absolute atomic E-state index is 0.0993. The Hall–Kier alpha value is -2.66. The van der Waals surface area contributed by atoms with E-state index in [2.05, 4.69) is 22.3 Å². The van der Waals surface area contributed by atoms with Crippen molar-refractivity contribution < 1.29 is 9.26 Å². The fourth-order valence-corrected chi connectivity index (χ4v) is 3.97. The monoisotopic (exact) mass is 333 g/mol. The molecule has 2 N–H and O–H groups in total. The Labute approximate surface area is 145 Å². The number of rotatable bonds is 3. The Morgan fingerprint density at radius 3 is 2.80 bits per heavy atom. The number of nitrogens with zero attached hydrogens (tertiary/aromatic N) is 2. The number of ether oxygens (including phenoxy) is 1. The molecular formula is C20H19N3O2. The van der Waals surface area contributed by atoms with E-state index in [1.165, 1.54) is 5.56 Å². The van der Waals surface area contributed by atoms with E-state index in [1.54, 1.807) is 0 Å². The van der Waals surface area contributed by atoms with Gasteiger partial charge in [-0.3, -0.25) is 0 Å². The lowest BCUT2D eigenvalue weighted by Crippen LogP contribution is -2.21. The molecule has 1 saturated carbocycles. The summed E-state index contributed by atoms with van der Waals surface area (Å²) >= 11 is 0. The largest absolute Gasteiger partial charge is 0.493 e. The summed E-state index contributed by atoms with van der Waals surface area (Å²) < 4.78 is 11.4. The zero-order valence-electron chi connectivity index (χ0n) is 13.8. The summed E-state index contributed by atoms with van der Waals surface area (Å²) in [5, 5.41) is 4.19. The third kappa shape index (κ3) is 2.27. The molecule has 5 heteroatoms. The smallest absolute Gasteiger partial charge is 0.231 e. The SMILES string of the molecule is NCc1ccc(-c2noc(C3CC34CCOc3ccccc34)n2)cc1. The molecule has 5 rings (SSSR count). The number of fused-ring (bicyclic) bond motifs is 2. The first-order chi connectivity index (χ1) is 12.3. The van der Waals surface area contributed by atoms with E-state index in [1.807, 2.05) is 36.4 Å². The van der Waals surface area contributed by atoms with Crippen LogP contribution in [-0.4, -0.2) is 16.7 Å². The van der Waals surface area contributed by atoms with Crippen LogP contribution in [0, 0.1) is 0 Å².